The van der Waals surface area contributed by atoms with Crippen LogP contribution >= 0.6 is 23.8 Å². The van der Waals surface area contributed by atoms with Crippen molar-refractivity contribution in [1.29, 1.82) is 0 Å². The Hall–Kier alpha value is -1.72. The lowest BCUT2D eigenvalue weighted by atomic mass is 10.2. The van der Waals surface area contributed by atoms with Crippen molar-refractivity contribution in [2.75, 3.05) is 0 Å². The van der Waals surface area contributed by atoms with E-state index < -0.39 is 5.82 Å². The number of aromatic nitrogens is 1. The number of thiocarbonyl (C=S) groups is 1. The van der Waals surface area contributed by atoms with E-state index in [4.69, 9.17) is 29.6 Å². The molecule has 0 fully saturated rings. The molecule has 0 saturated carbocycles. The van der Waals surface area contributed by atoms with Crippen LogP contribution in [0.25, 0.3) is 0 Å². The topological polar surface area (TPSA) is 48.0 Å². The Balaban J connectivity index is 2.42. The minimum Gasteiger partial charge on any atom is -0.389 e. The van der Waals surface area contributed by atoms with Gasteiger partial charge in [0.25, 0.3) is 5.56 Å². The number of halogens is 2. The Morgan fingerprint density at radius 3 is 2.79 bits per heavy atom. The van der Waals surface area contributed by atoms with Crippen molar-refractivity contribution >= 4 is 28.8 Å². The molecule has 0 atom stereocenters. The van der Waals surface area contributed by atoms with Crippen molar-refractivity contribution in [3.8, 4) is 0 Å². The summed E-state index contributed by atoms with van der Waals surface area (Å²) in [5.74, 6) is -0.419. The summed E-state index contributed by atoms with van der Waals surface area (Å²) >= 11 is 10.7. The van der Waals surface area contributed by atoms with Crippen LogP contribution in [0.3, 0.4) is 0 Å². The molecule has 0 amide bonds. The predicted octanol–water partition coefficient (Wildman–Crippen LogP) is 2.32. The first kappa shape index (κ1) is 13.7. The van der Waals surface area contributed by atoms with Crippen LogP contribution in [0.2, 0.25) is 5.02 Å². The van der Waals surface area contributed by atoms with Crippen molar-refractivity contribution in [2.24, 2.45) is 5.73 Å². The third kappa shape index (κ3) is 3.00. The van der Waals surface area contributed by atoms with Gasteiger partial charge in [-0.1, -0.05) is 29.9 Å². The summed E-state index contributed by atoms with van der Waals surface area (Å²) < 4.78 is 14.4. The largest absolute Gasteiger partial charge is 0.389 e. The van der Waals surface area contributed by atoms with Gasteiger partial charge < -0.3 is 10.3 Å². The lowest BCUT2D eigenvalue weighted by molar-refractivity contribution is 0.626. The van der Waals surface area contributed by atoms with Crippen LogP contribution in [0.4, 0.5) is 4.39 Å². The minimum atomic E-state index is -0.419. The summed E-state index contributed by atoms with van der Waals surface area (Å²) in [6.07, 6.45) is 1.60. The molecule has 98 valence electrons. The smallest absolute Gasteiger partial charge is 0.261 e. The quantitative estimate of drug-likeness (QED) is 0.884. The molecule has 1 aromatic heterocycles. The summed E-state index contributed by atoms with van der Waals surface area (Å²) in [6, 6.07) is 7.28. The fourth-order valence-electron chi connectivity index (χ4n) is 1.68. The molecule has 0 aliphatic carbocycles. The van der Waals surface area contributed by atoms with Gasteiger partial charge in [-0.2, -0.15) is 0 Å². The minimum absolute atomic E-state index is 0.0459. The van der Waals surface area contributed by atoms with Crippen molar-refractivity contribution in [3.63, 3.8) is 0 Å². The second kappa shape index (κ2) is 5.50. The Morgan fingerprint density at radius 2 is 2.16 bits per heavy atom. The third-order valence-corrected chi connectivity index (χ3v) is 3.21. The molecular formula is C13H10ClFN2OS. The Labute approximate surface area is 119 Å². The average molecular weight is 297 g/mol. The van der Waals surface area contributed by atoms with Gasteiger partial charge in [0.15, 0.2) is 0 Å². The van der Waals surface area contributed by atoms with Gasteiger partial charge >= 0.3 is 0 Å². The first-order valence-corrected chi connectivity index (χ1v) is 6.21. The van der Waals surface area contributed by atoms with Gasteiger partial charge in [0.2, 0.25) is 0 Å². The molecule has 0 aliphatic rings. The van der Waals surface area contributed by atoms with E-state index in [0.29, 0.717) is 5.56 Å². The summed E-state index contributed by atoms with van der Waals surface area (Å²) in [6.45, 7) is 0.231. The monoisotopic (exact) mass is 296 g/mol. The second-order valence-electron chi connectivity index (χ2n) is 3.95. The molecule has 2 rings (SSSR count). The van der Waals surface area contributed by atoms with E-state index in [9.17, 15) is 9.18 Å². The van der Waals surface area contributed by atoms with Crippen molar-refractivity contribution in [3.05, 3.63) is 68.8 Å². The molecule has 3 nitrogen and oxygen atoms in total. The van der Waals surface area contributed by atoms with Gasteiger partial charge in [0, 0.05) is 11.2 Å². The number of nitrogens with zero attached hydrogens (tertiary/aromatic N) is 1. The van der Waals surface area contributed by atoms with Crippen LogP contribution in [0.15, 0.2) is 41.3 Å². The molecule has 2 N–H and O–H groups in total. The lowest BCUT2D eigenvalue weighted by Gasteiger charge is -2.09. The molecule has 6 heteroatoms. The van der Waals surface area contributed by atoms with Crippen LogP contribution in [0.1, 0.15) is 11.1 Å². The van der Waals surface area contributed by atoms with Gasteiger partial charge in [0.1, 0.15) is 10.8 Å². The number of hydrogen-bond donors (Lipinski definition) is 1. The number of benzene rings is 1. The van der Waals surface area contributed by atoms with E-state index in [1.165, 1.54) is 22.8 Å². The molecule has 2 aromatic rings. The van der Waals surface area contributed by atoms with Crippen LogP contribution in [0, 0.1) is 5.82 Å². The van der Waals surface area contributed by atoms with Crippen molar-refractivity contribution < 1.29 is 4.39 Å². The van der Waals surface area contributed by atoms with Crippen molar-refractivity contribution in [1.82, 2.24) is 4.57 Å². The van der Waals surface area contributed by atoms with E-state index in [1.54, 1.807) is 18.3 Å². The predicted molar refractivity (Wildman–Crippen MR) is 77.1 cm³/mol. The van der Waals surface area contributed by atoms with Gasteiger partial charge in [-0.25, -0.2) is 4.39 Å². The van der Waals surface area contributed by atoms with Gasteiger partial charge in [-0.05, 0) is 29.8 Å². The first-order valence-electron chi connectivity index (χ1n) is 5.42. The third-order valence-electron chi connectivity index (χ3n) is 2.64. The van der Waals surface area contributed by atoms with E-state index in [-0.39, 0.29) is 27.7 Å². The zero-order valence-corrected chi connectivity index (χ0v) is 11.3. The molecule has 19 heavy (non-hydrogen) atoms. The number of nitrogens with two attached hydrogens (primary N) is 1. The standard InChI is InChI=1S/C13H10ClFN2OS/c14-11-6-9(15)4-3-8(11)7-17-5-1-2-10(12(16)19)13(17)18/h1-6H,7H2,(H2,16,19). The maximum Gasteiger partial charge on any atom is 0.261 e. The van der Waals surface area contributed by atoms with Gasteiger partial charge in [-0.3, -0.25) is 4.79 Å². The summed E-state index contributed by atoms with van der Waals surface area (Å²) in [5, 5.41) is 0.271. The lowest BCUT2D eigenvalue weighted by Crippen LogP contribution is -2.28. The summed E-state index contributed by atoms with van der Waals surface area (Å²) in [4.78, 5) is 12.1. The molecule has 0 spiro atoms. The highest BCUT2D eigenvalue weighted by atomic mass is 35.5. The van der Waals surface area contributed by atoms with Crippen LogP contribution in [0.5, 0.6) is 0 Å². The maximum atomic E-state index is 12.9. The highest BCUT2D eigenvalue weighted by Crippen LogP contribution is 2.17. The highest BCUT2D eigenvalue weighted by Gasteiger charge is 2.08. The Kier molecular flexibility index (Phi) is 3.97. The fraction of sp³-hybridized carbons (Fsp3) is 0.0769. The number of rotatable bonds is 3. The number of hydrogen-bond acceptors (Lipinski definition) is 2. The summed E-state index contributed by atoms with van der Waals surface area (Å²) in [5.41, 5.74) is 6.09. The SMILES string of the molecule is NC(=S)c1cccn(Cc2ccc(F)cc2Cl)c1=O. The zero-order chi connectivity index (χ0) is 14.0. The highest BCUT2D eigenvalue weighted by molar-refractivity contribution is 7.80. The fourth-order valence-corrected chi connectivity index (χ4v) is 2.06. The van der Waals surface area contributed by atoms with E-state index in [1.807, 2.05) is 0 Å². The Bertz CT molecular complexity index is 699. The van der Waals surface area contributed by atoms with Gasteiger partial charge in [0.05, 0.1) is 12.1 Å². The van der Waals surface area contributed by atoms with Crippen LogP contribution in [-0.2, 0) is 6.54 Å². The van der Waals surface area contributed by atoms with E-state index in [2.05, 4.69) is 0 Å². The van der Waals surface area contributed by atoms with Gasteiger partial charge in [-0.15, -0.1) is 0 Å². The molecule has 1 heterocycles. The Morgan fingerprint density at radius 1 is 1.42 bits per heavy atom. The zero-order valence-electron chi connectivity index (χ0n) is 9.77. The second-order valence-corrected chi connectivity index (χ2v) is 4.80. The average Bonchev–Trinajstić information content (AvgIpc) is 2.34. The normalized spacial score (nSPS) is 10.4. The molecule has 0 saturated heterocycles. The van der Waals surface area contributed by atoms with Crippen LogP contribution < -0.4 is 11.3 Å². The molecule has 0 aliphatic heterocycles. The number of pyridine rings is 1. The summed E-state index contributed by atoms with van der Waals surface area (Å²) in [7, 11) is 0. The maximum absolute atomic E-state index is 12.9. The molecule has 0 bridgehead atoms. The molecular weight excluding hydrogens is 287 g/mol. The molecule has 0 unspecified atom stereocenters. The van der Waals surface area contributed by atoms with E-state index >= 15 is 0 Å². The van der Waals surface area contributed by atoms with Crippen molar-refractivity contribution in [2.45, 2.75) is 6.54 Å². The molecule has 0 radical (unpaired) electrons. The van der Waals surface area contributed by atoms with Crippen LogP contribution in [-0.4, -0.2) is 9.56 Å². The van der Waals surface area contributed by atoms with E-state index in [0.717, 1.165) is 0 Å². The molecule has 1 aromatic carbocycles. The first-order chi connectivity index (χ1) is 8.99.